The van der Waals surface area contributed by atoms with Crippen LogP contribution in [0.3, 0.4) is 0 Å². The number of para-hydroxylation sites is 1. The highest BCUT2D eigenvalue weighted by Crippen LogP contribution is 2.63. The monoisotopic (exact) mass is 279 g/mol. The number of aryl methyl sites for hydroxylation is 1. The number of anilines is 1. The minimum atomic E-state index is -0.790. The molecule has 3 heteroatoms. The number of hydrogen-bond donors (Lipinski definition) is 0. The number of amides is 1. The number of rotatable bonds is 2. The summed E-state index contributed by atoms with van der Waals surface area (Å²) in [4.78, 5) is 14.7. The van der Waals surface area contributed by atoms with Crippen LogP contribution in [0.1, 0.15) is 29.7 Å². The third kappa shape index (κ3) is 1.55. The third-order valence-corrected chi connectivity index (χ3v) is 4.47. The first-order chi connectivity index (χ1) is 10.2. The first kappa shape index (κ1) is 12.6. The van der Waals surface area contributed by atoms with Gasteiger partial charge in [-0.05, 0) is 25.5 Å². The molecule has 4 rings (SSSR count). The number of nitrogens with zero attached hydrogens (tertiary/aromatic N) is 1. The molecule has 2 atom stereocenters. The molecule has 0 saturated carbocycles. The van der Waals surface area contributed by atoms with E-state index in [2.05, 4.69) is 31.2 Å². The standard InChI is InChI=1S/C18H17NO2/c1-3-19-15-7-5-4-6-14(15)18(17(19)20)16(21-18)13-10-8-12(2)9-11-13/h4-11,16H,3H2,1-2H3/t16-,18+/m1/s1. The molecule has 1 fully saturated rings. The van der Waals surface area contributed by atoms with E-state index < -0.39 is 5.60 Å². The minimum Gasteiger partial charge on any atom is -0.345 e. The summed E-state index contributed by atoms with van der Waals surface area (Å²) in [5.41, 5.74) is 3.48. The van der Waals surface area contributed by atoms with Crippen LogP contribution in [0, 0.1) is 6.92 Å². The van der Waals surface area contributed by atoms with Gasteiger partial charge >= 0.3 is 0 Å². The largest absolute Gasteiger partial charge is 0.345 e. The number of ether oxygens (including phenoxy) is 1. The lowest BCUT2D eigenvalue weighted by molar-refractivity contribution is -0.122. The predicted molar refractivity (Wildman–Crippen MR) is 81.2 cm³/mol. The molecule has 106 valence electrons. The van der Waals surface area contributed by atoms with Crippen molar-refractivity contribution in [2.75, 3.05) is 11.4 Å². The second-order valence-corrected chi connectivity index (χ2v) is 5.71. The lowest BCUT2D eigenvalue weighted by Crippen LogP contribution is -2.32. The van der Waals surface area contributed by atoms with Gasteiger partial charge < -0.3 is 9.64 Å². The molecule has 0 bridgehead atoms. The zero-order valence-corrected chi connectivity index (χ0v) is 12.2. The Bertz CT molecular complexity index is 722. The van der Waals surface area contributed by atoms with Crippen molar-refractivity contribution < 1.29 is 9.53 Å². The molecule has 2 aliphatic heterocycles. The molecule has 0 aliphatic carbocycles. The Morgan fingerprint density at radius 1 is 1.14 bits per heavy atom. The van der Waals surface area contributed by atoms with E-state index >= 15 is 0 Å². The van der Waals surface area contributed by atoms with Crippen LogP contribution in [0.25, 0.3) is 0 Å². The van der Waals surface area contributed by atoms with Crippen LogP contribution < -0.4 is 4.90 Å². The summed E-state index contributed by atoms with van der Waals surface area (Å²) in [7, 11) is 0. The second-order valence-electron chi connectivity index (χ2n) is 5.71. The van der Waals surface area contributed by atoms with Crippen LogP contribution in [-0.4, -0.2) is 12.5 Å². The van der Waals surface area contributed by atoms with Crippen molar-refractivity contribution in [3.05, 3.63) is 65.2 Å². The first-order valence-corrected chi connectivity index (χ1v) is 7.34. The summed E-state index contributed by atoms with van der Waals surface area (Å²) in [6.07, 6.45) is -0.164. The van der Waals surface area contributed by atoms with Crippen molar-refractivity contribution in [3.8, 4) is 0 Å². The topological polar surface area (TPSA) is 32.8 Å². The highest BCUT2D eigenvalue weighted by molar-refractivity contribution is 6.09. The average Bonchev–Trinajstić information content (AvgIpc) is 3.20. The highest BCUT2D eigenvalue weighted by Gasteiger charge is 2.69. The fourth-order valence-electron chi connectivity index (χ4n) is 3.33. The lowest BCUT2D eigenvalue weighted by atomic mass is 9.93. The van der Waals surface area contributed by atoms with E-state index in [0.717, 1.165) is 16.8 Å². The number of benzene rings is 2. The molecular formula is C18H17NO2. The van der Waals surface area contributed by atoms with Crippen molar-refractivity contribution in [2.24, 2.45) is 0 Å². The maximum atomic E-state index is 12.8. The van der Waals surface area contributed by atoms with Gasteiger partial charge in [0.05, 0.1) is 5.69 Å². The molecule has 0 unspecified atom stereocenters. The molecule has 0 aromatic heterocycles. The molecule has 2 heterocycles. The Morgan fingerprint density at radius 3 is 2.57 bits per heavy atom. The molecule has 3 nitrogen and oxygen atoms in total. The van der Waals surface area contributed by atoms with Crippen LogP contribution in [0.2, 0.25) is 0 Å². The maximum Gasteiger partial charge on any atom is 0.267 e. The molecule has 21 heavy (non-hydrogen) atoms. The van der Waals surface area contributed by atoms with Crippen LogP contribution in [0.5, 0.6) is 0 Å². The molecule has 2 aromatic carbocycles. The van der Waals surface area contributed by atoms with E-state index in [1.807, 2.05) is 36.1 Å². The van der Waals surface area contributed by atoms with Gasteiger partial charge in [0.25, 0.3) is 5.91 Å². The van der Waals surface area contributed by atoms with Gasteiger partial charge in [-0.1, -0.05) is 48.0 Å². The SMILES string of the molecule is CCN1C(=O)[C@]2(O[C@@H]2c2ccc(C)cc2)c2ccccc21. The summed E-state index contributed by atoms with van der Waals surface area (Å²) in [6.45, 7) is 4.72. The zero-order chi connectivity index (χ0) is 14.6. The smallest absolute Gasteiger partial charge is 0.267 e. The van der Waals surface area contributed by atoms with Crippen molar-refractivity contribution >= 4 is 11.6 Å². The normalized spacial score (nSPS) is 26.3. The van der Waals surface area contributed by atoms with Crippen molar-refractivity contribution in [1.29, 1.82) is 0 Å². The summed E-state index contributed by atoms with van der Waals surface area (Å²) in [5.74, 6) is 0.0665. The van der Waals surface area contributed by atoms with Gasteiger partial charge in [0, 0.05) is 12.1 Å². The molecule has 2 aromatic rings. The number of carbonyl (C=O) groups excluding carboxylic acids is 1. The van der Waals surface area contributed by atoms with E-state index in [9.17, 15) is 4.79 Å². The minimum absolute atomic E-state index is 0.0665. The molecular weight excluding hydrogens is 262 g/mol. The third-order valence-electron chi connectivity index (χ3n) is 4.47. The van der Waals surface area contributed by atoms with Gasteiger partial charge in [0.15, 0.2) is 0 Å². The van der Waals surface area contributed by atoms with E-state index in [4.69, 9.17) is 4.74 Å². The Balaban J connectivity index is 1.80. The molecule has 1 amide bonds. The average molecular weight is 279 g/mol. The fraction of sp³-hybridized carbons (Fsp3) is 0.278. The van der Waals surface area contributed by atoms with Gasteiger partial charge in [0.2, 0.25) is 5.60 Å². The fourth-order valence-corrected chi connectivity index (χ4v) is 3.33. The van der Waals surface area contributed by atoms with E-state index in [1.54, 1.807) is 0 Å². The number of epoxide rings is 1. The molecule has 1 saturated heterocycles. The van der Waals surface area contributed by atoms with Gasteiger partial charge in [-0.25, -0.2) is 0 Å². The predicted octanol–water partition coefficient (Wildman–Crippen LogP) is 3.33. The molecule has 0 N–H and O–H groups in total. The quantitative estimate of drug-likeness (QED) is 0.790. The highest BCUT2D eigenvalue weighted by atomic mass is 16.6. The Morgan fingerprint density at radius 2 is 1.86 bits per heavy atom. The number of hydrogen-bond acceptors (Lipinski definition) is 2. The van der Waals surface area contributed by atoms with Gasteiger partial charge in [-0.15, -0.1) is 0 Å². The number of carbonyl (C=O) groups is 1. The molecule has 0 radical (unpaired) electrons. The lowest BCUT2D eigenvalue weighted by Gasteiger charge is -2.13. The summed E-state index contributed by atoms with van der Waals surface area (Å²) in [5, 5.41) is 0. The summed E-state index contributed by atoms with van der Waals surface area (Å²) < 4.78 is 5.97. The summed E-state index contributed by atoms with van der Waals surface area (Å²) >= 11 is 0. The molecule has 1 spiro atoms. The first-order valence-electron chi connectivity index (χ1n) is 7.34. The van der Waals surface area contributed by atoms with E-state index in [1.165, 1.54) is 5.56 Å². The Labute approximate surface area is 124 Å². The zero-order valence-electron chi connectivity index (χ0n) is 12.2. The van der Waals surface area contributed by atoms with Crippen LogP contribution in [0.15, 0.2) is 48.5 Å². The molecule has 2 aliphatic rings. The van der Waals surface area contributed by atoms with Crippen LogP contribution >= 0.6 is 0 Å². The van der Waals surface area contributed by atoms with E-state index in [0.29, 0.717) is 6.54 Å². The van der Waals surface area contributed by atoms with Gasteiger partial charge in [-0.2, -0.15) is 0 Å². The van der Waals surface area contributed by atoms with Crippen molar-refractivity contribution in [2.45, 2.75) is 25.6 Å². The van der Waals surface area contributed by atoms with Crippen LogP contribution in [-0.2, 0) is 15.1 Å². The van der Waals surface area contributed by atoms with E-state index in [-0.39, 0.29) is 12.0 Å². The van der Waals surface area contributed by atoms with Crippen molar-refractivity contribution in [1.82, 2.24) is 0 Å². The number of likely N-dealkylation sites (N-methyl/N-ethyl adjacent to an activating group) is 1. The number of fused-ring (bicyclic) bond motifs is 2. The van der Waals surface area contributed by atoms with Crippen LogP contribution in [0.4, 0.5) is 5.69 Å². The van der Waals surface area contributed by atoms with Gasteiger partial charge in [-0.3, -0.25) is 4.79 Å². The maximum absolute atomic E-state index is 12.8. The Kier molecular flexibility index (Phi) is 2.51. The second kappa shape index (κ2) is 4.18. The van der Waals surface area contributed by atoms with Gasteiger partial charge in [0.1, 0.15) is 6.10 Å². The summed E-state index contributed by atoms with van der Waals surface area (Å²) in [6, 6.07) is 16.2. The van der Waals surface area contributed by atoms with Crippen molar-refractivity contribution in [3.63, 3.8) is 0 Å². The Hall–Kier alpha value is -2.13.